The molecule has 0 saturated carbocycles. The maximum absolute atomic E-state index is 12.5. The molecule has 5 aromatic rings. The molecule has 2 aromatic carbocycles. The normalized spacial score (nSPS) is 11.1. The number of rotatable bonds is 3. The number of nitrogens with zero attached hydrogens (tertiary/aromatic N) is 3. The van der Waals surface area contributed by atoms with Gasteiger partial charge in [0.05, 0.1) is 16.6 Å². The number of imidazole rings is 1. The van der Waals surface area contributed by atoms with E-state index >= 15 is 0 Å². The van der Waals surface area contributed by atoms with Gasteiger partial charge in [-0.1, -0.05) is 18.2 Å². The second-order valence-electron chi connectivity index (χ2n) is 6.13. The van der Waals surface area contributed by atoms with Crippen LogP contribution in [0.1, 0.15) is 10.4 Å². The first-order valence-electron chi connectivity index (χ1n) is 8.43. The molecule has 0 spiro atoms. The largest absolute Gasteiger partial charge is 0.337 e. The van der Waals surface area contributed by atoms with Gasteiger partial charge in [-0.25, -0.2) is 4.98 Å². The van der Waals surface area contributed by atoms with Crippen molar-refractivity contribution in [3.05, 3.63) is 72.4 Å². The van der Waals surface area contributed by atoms with Crippen LogP contribution >= 0.6 is 0 Å². The van der Waals surface area contributed by atoms with E-state index in [1.54, 1.807) is 18.3 Å². The predicted molar refractivity (Wildman–Crippen MR) is 103 cm³/mol. The van der Waals surface area contributed by atoms with Crippen LogP contribution in [0.4, 0.5) is 5.82 Å². The SMILES string of the molecule is O=C(Nc1cc(-c2nc3ccccc3[nH]2)[nH]n1)c1ccc2ncccc2c1. The van der Waals surface area contributed by atoms with Gasteiger partial charge in [-0.05, 0) is 36.4 Å². The van der Waals surface area contributed by atoms with Crippen LogP contribution in [0.15, 0.2) is 66.9 Å². The molecule has 3 aromatic heterocycles. The Kier molecular flexibility index (Phi) is 3.43. The molecule has 3 heterocycles. The second kappa shape index (κ2) is 6.06. The van der Waals surface area contributed by atoms with Crippen LogP contribution in [0.3, 0.4) is 0 Å². The minimum atomic E-state index is -0.233. The van der Waals surface area contributed by atoms with Crippen LogP contribution in [-0.4, -0.2) is 31.1 Å². The van der Waals surface area contributed by atoms with Gasteiger partial charge in [0.2, 0.25) is 0 Å². The van der Waals surface area contributed by atoms with E-state index in [-0.39, 0.29) is 5.91 Å². The first-order chi connectivity index (χ1) is 13.3. The molecule has 0 saturated heterocycles. The number of carbonyl (C=O) groups is 1. The van der Waals surface area contributed by atoms with Crippen molar-refractivity contribution in [3.63, 3.8) is 0 Å². The molecule has 3 N–H and O–H groups in total. The molecule has 0 unspecified atom stereocenters. The maximum atomic E-state index is 12.5. The van der Waals surface area contributed by atoms with E-state index in [2.05, 4.69) is 30.5 Å². The van der Waals surface area contributed by atoms with Gasteiger partial charge < -0.3 is 10.3 Å². The lowest BCUT2D eigenvalue weighted by molar-refractivity contribution is 0.102. The minimum Gasteiger partial charge on any atom is -0.337 e. The molecule has 27 heavy (non-hydrogen) atoms. The Labute approximate surface area is 153 Å². The molecule has 0 aliphatic rings. The van der Waals surface area contributed by atoms with Crippen molar-refractivity contribution in [2.75, 3.05) is 5.32 Å². The van der Waals surface area contributed by atoms with Crippen LogP contribution in [0.5, 0.6) is 0 Å². The summed E-state index contributed by atoms with van der Waals surface area (Å²) >= 11 is 0. The Morgan fingerprint density at radius 3 is 2.81 bits per heavy atom. The number of pyridine rings is 1. The van der Waals surface area contributed by atoms with E-state index in [4.69, 9.17) is 0 Å². The molecular formula is C20H14N6O. The summed E-state index contributed by atoms with van der Waals surface area (Å²) in [6, 6.07) is 18.7. The van der Waals surface area contributed by atoms with Gasteiger partial charge in [0, 0.05) is 23.2 Å². The summed E-state index contributed by atoms with van der Waals surface area (Å²) in [5, 5.41) is 10.8. The van der Waals surface area contributed by atoms with E-state index in [1.807, 2.05) is 48.5 Å². The molecule has 0 aliphatic heterocycles. The highest BCUT2D eigenvalue weighted by Crippen LogP contribution is 2.21. The van der Waals surface area contributed by atoms with E-state index in [9.17, 15) is 4.79 Å². The lowest BCUT2D eigenvalue weighted by Gasteiger charge is -2.03. The standard InChI is InChI=1S/C20H14N6O/c27-20(13-7-8-14-12(10-13)4-3-9-21-14)24-18-11-17(25-26-18)19-22-15-5-1-2-6-16(15)23-19/h1-11H,(H,22,23)(H2,24,25,26,27). The molecule has 1 amide bonds. The average Bonchev–Trinajstić information content (AvgIpc) is 3.34. The summed E-state index contributed by atoms with van der Waals surface area (Å²) in [4.78, 5) is 24.5. The Morgan fingerprint density at radius 1 is 0.963 bits per heavy atom. The van der Waals surface area contributed by atoms with Crippen molar-refractivity contribution in [2.45, 2.75) is 0 Å². The van der Waals surface area contributed by atoms with Gasteiger partial charge in [0.15, 0.2) is 11.6 Å². The zero-order valence-corrected chi connectivity index (χ0v) is 14.1. The molecule has 0 atom stereocenters. The van der Waals surface area contributed by atoms with Gasteiger partial charge >= 0.3 is 0 Å². The van der Waals surface area contributed by atoms with Gasteiger partial charge in [-0.2, -0.15) is 5.10 Å². The van der Waals surface area contributed by atoms with Crippen LogP contribution in [0.2, 0.25) is 0 Å². The third-order valence-corrected chi connectivity index (χ3v) is 4.33. The number of carbonyl (C=O) groups excluding carboxylic acids is 1. The summed E-state index contributed by atoms with van der Waals surface area (Å²) in [5.74, 6) is 0.867. The number of fused-ring (bicyclic) bond motifs is 2. The number of nitrogens with one attached hydrogen (secondary N) is 3. The van der Waals surface area contributed by atoms with Crippen molar-refractivity contribution in [3.8, 4) is 11.5 Å². The summed E-state index contributed by atoms with van der Waals surface area (Å²) in [5.41, 5.74) is 3.91. The first-order valence-corrected chi connectivity index (χ1v) is 8.43. The van der Waals surface area contributed by atoms with Crippen molar-refractivity contribution >= 4 is 33.7 Å². The summed E-state index contributed by atoms with van der Waals surface area (Å²) < 4.78 is 0. The maximum Gasteiger partial charge on any atom is 0.256 e. The zero-order chi connectivity index (χ0) is 18.2. The number of hydrogen-bond acceptors (Lipinski definition) is 4. The minimum absolute atomic E-state index is 0.233. The highest BCUT2D eigenvalue weighted by Gasteiger charge is 2.12. The lowest BCUT2D eigenvalue weighted by atomic mass is 10.1. The molecule has 130 valence electrons. The Hall–Kier alpha value is -4.00. The van der Waals surface area contributed by atoms with Crippen LogP contribution < -0.4 is 5.32 Å². The molecule has 0 aliphatic carbocycles. The van der Waals surface area contributed by atoms with E-state index in [0.717, 1.165) is 21.9 Å². The molecule has 0 radical (unpaired) electrons. The average molecular weight is 354 g/mol. The molecule has 5 rings (SSSR count). The third-order valence-electron chi connectivity index (χ3n) is 4.33. The topological polar surface area (TPSA) is 99.3 Å². The van der Waals surface area contributed by atoms with Gasteiger partial charge in [0.1, 0.15) is 5.69 Å². The fourth-order valence-electron chi connectivity index (χ4n) is 2.99. The van der Waals surface area contributed by atoms with Crippen molar-refractivity contribution in [1.29, 1.82) is 0 Å². The molecule has 0 fully saturated rings. The number of anilines is 1. The fourth-order valence-corrected chi connectivity index (χ4v) is 2.99. The van der Waals surface area contributed by atoms with Crippen LogP contribution in [-0.2, 0) is 0 Å². The summed E-state index contributed by atoms with van der Waals surface area (Å²) in [6.07, 6.45) is 1.73. The molecule has 7 nitrogen and oxygen atoms in total. The van der Waals surface area contributed by atoms with Crippen molar-refractivity contribution in [1.82, 2.24) is 25.1 Å². The molecular weight excluding hydrogens is 340 g/mol. The highest BCUT2D eigenvalue weighted by molar-refractivity contribution is 6.05. The number of H-pyrrole nitrogens is 2. The monoisotopic (exact) mass is 354 g/mol. The Bertz CT molecular complexity index is 1250. The van der Waals surface area contributed by atoms with Crippen LogP contribution in [0, 0.1) is 0 Å². The first kappa shape index (κ1) is 15.3. The number of hydrogen-bond donors (Lipinski definition) is 3. The van der Waals surface area contributed by atoms with Crippen LogP contribution in [0.25, 0.3) is 33.5 Å². The fraction of sp³-hybridized carbons (Fsp3) is 0. The predicted octanol–water partition coefficient (Wildman–Crippen LogP) is 3.75. The molecule has 7 heteroatoms. The third kappa shape index (κ3) is 2.81. The highest BCUT2D eigenvalue weighted by atomic mass is 16.1. The van der Waals surface area contributed by atoms with Gasteiger partial charge in [-0.15, -0.1) is 0 Å². The zero-order valence-electron chi connectivity index (χ0n) is 14.1. The quantitative estimate of drug-likeness (QED) is 0.459. The summed E-state index contributed by atoms with van der Waals surface area (Å²) in [6.45, 7) is 0. The van der Waals surface area contributed by atoms with Gasteiger partial charge in [0.25, 0.3) is 5.91 Å². The van der Waals surface area contributed by atoms with E-state index < -0.39 is 0 Å². The van der Waals surface area contributed by atoms with E-state index in [1.165, 1.54) is 0 Å². The van der Waals surface area contributed by atoms with E-state index in [0.29, 0.717) is 22.9 Å². The van der Waals surface area contributed by atoms with Gasteiger partial charge in [-0.3, -0.25) is 14.9 Å². The summed E-state index contributed by atoms with van der Waals surface area (Å²) in [7, 11) is 0. The Morgan fingerprint density at radius 2 is 1.89 bits per heavy atom. The number of para-hydroxylation sites is 2. The second-order valence-corrected chi connectivity index (χ2v) is 6.13. The number of amides is 1. The van der Waals surface area contributed by atoms with Crippen molar-refractivity contribution < 1.29 is 4.79 Å². The Balaban J connectivity index is 1.39. The lowest BCUT2D eigenvalue weighted by Crippen LogP contribution is -2.12. The number of aromatic amines is 2. The molecule has 0 bridgehead atoms. The smallest absolute Gasteiger partial charge is 0.256 e. The number of aromatic nitrogens is 5. The number of benzene rings is 2. The van der Waals surface area contributed by atoms with Crippen molar-refractivity contribution in [2.24, 2.45) is 0 Å².